The number of fused-ring (bicyclic) bond motifs is 1. The average Bonchev–Trinajstić information content (AvgIpc) is 2.75. The molecule has 2 fully saturated rings. The van der Waals surface area contributed by atoms with Crippen molar-refractivity contribution in [3.63, 3.8) is 0 Å². The number of nitrogens with zero attached hydrogens (tertiary/aromatic N) is 2. The number of amides is 1. The maximum absolute atomic E-state index is 12.0. The number of hydrogen-bond acceptors (Lipinski definition) is 3. The molecule has 0 aliphatic carbocycles. The van der Waals surface area contributed by atoms with Crippen LogP contribution in [0.25, 0.3) is 0 Å². The lowest BCUT2D eigenvalue weighted by Crippen LogP contribution is -2.54. The van der Waals surface area contributed by atoms with Gasteiger partial charge in [0.15, 0.2) is 0 Å². The van der Waals surface area contributed by atoms with Crippen LogP contribution in [0.15, 0.2) is 24.3 Å². The second-order valence-corrected chi connectivity index (χ2v) is 6.32. The van der Waals surface area contributed by atoms with Gasteiger partial charge in [-0.05, 0) is 17.7 Å². The molecule has 2 aliphatic heterocycles. The zero-order valence-electron chi connectivity index (χ0n) is 12.1. The molecule has 2 heterocycles. The smallest absolute Gasteiger partial charge is 0.225 e. The van der Waals surface area contributed by atoms with Crippen LogP contribution in [0, 0.1) is 11.8 Å². The fraction of sp³-hybridized carbons (Fsp3) is 0.562. The minimum Gasteiger partial charge on any atom is -0.508 e. The molecule has 1 aromatic rings. The first-order chi connectivity index (χ1) is 9.54. The fourth-order valence-electron chi connectivity index (χ4n) is 3.31. The zero-order valence-corrected chi connectivity index (χ0v) is 12.1. The molecule has 4 heteroatoms. The lowest BCUT2D eigenvalue weighted by molar-refractivity contribution is -0.133. The maximum atomic E-state index is 12.0. The monoisotopic (exact) mass is 274 g/mol. The average molecular weight is 274 g/mol. The third-order valence-corrected chi connectivity index (χ3v) is 4.47. The Morgan fingerprint density at radius 3 is 2.60 bits per heavy atom. The molecule has 2 aliphatic rings. The molecule has 0 spiro atoms. The molecule has 4 nitrogen and oxygen atoms in total. The normalized spacial score (nSPS) is 25.6. The molecule has 1 amide bonds. The van der Waals surface area contributed by atoms with Gasteiger partial charge in [0.05, 0.1) is 0 Å². The number of rotatable bonds is 3. The van der Waals surface area contributed by atoms with Gasteiger partial charge in [-0.25, -0.2) is 0 Å². The summed E-state index contributed by atoms with van der Waals surface area (Å²) in [5, 5.41) is 9.30. The van der Waals surface area contributed by atoms with Crippen LogP contribution in [-0.2, 0) is 11.3 Å². The minimum atomic E-state index is 0.0954. The summed E-state index contributed by atoms with van der Waals surface area (Å²) >= 11 is 0. The lowest BCUT2D eigenvalue weighted by Gasteiger charge is -2.43. The standard InChI is InChI=1S/C16H22N2O2/c1-11(2)16(20)18-9-13-8-17(15(13)10-18)7-12-3-5-14(19)6-4-12/h3-6,11,13,15,19H,7-10H2,1-2H3. The van der Waals surface area contributed by atoms with Crippen molar-refractivity contribution in [3.8, 4) is 5.75 Å². The van der Waals surface area contributed by atoms with Gasteiger partial charge in [-0.15, -0.1) is 0 Å². The van der Waals surface area contributed by atoms with Crippen LogP contribution in [0.1, 0.15) is 19.4 Å². The summed E-state index contributed by atoms with van der Waals surface area (Å²) < 4.78 is 0. The van der Waals surface area contributed by atoms with E-state index in [0.29, 0.717) is 17.7 Å². The Morgan fingerprint density at radius 2 is 1.95 bits per heavy atom. The van der Waals surface area contributed by atoms with Crippen LogP contribution >= 0.6 is 0 Å². The Bertz CT molecular complexity index is 498. The van der Waals surface area contributed by atoms with Gasteiger partial charge in [-0.1, -0.05) is 26.0 Å². The van der Waals surface area contributed by atoms with E-state index in [9.17, 15) is 9.90 Å². The highest BCUT2D eigenvalue weighted by Crippen LogP contribution is 2.34. The van der Waals surface area contributed by atoms with Crippen molar-refractivity contribution in [3.05, 3.63) is 29.8 Å². The number of likely N-dealkylation sites (tertiary alicyclic amines) is 2. The first-order valence-corrected chi connectivity index (χ1v) is 7.35. The summed E-state index contributed by atoms with van der Waals surface area (Å²) in [6.45, 7) is 7.72. The van der Waals surface area contributed by atoms with E-state index in [1.54, 1.807) is 12.1 Å². The van der Waals surface area contributed by atoms with Crippen molar-refractivity contribution in [2.45, 2.75) is 26.4 Å². The van der Waals surface area contributed by atoms with Crippen molar-refractivity contribution >= 4 is 5.91 Å². The highest BCUT2D eigenvalue weighted by atomic mass is 16.3. The van der Waals surface area contributed by atoms with Crippen LogP contribution in [0.2, 0.25) is 0 Å². The molecule has 0 radical (unpaired) electrons. The number of carbonyl (C=O) groups is 1. The first kappa shape index (κ1) is 13.4. The number of benzene rings is 1. The summed E-state index contributed by atoms with van der Waals surface area (Å²) in [5.41, 5.74) is 1.22. The highest BCUT2D eigenvalue weighted by Gasteiger charge is 2.46. The van der Waals surface area contributed by atoms with Gasteiger partial charge in [-0.2, -0.15) is 0 Å². The number of carbonyl (C=O) groups excluding carboxylic acids is 1. The summed E-state index contributed by atoms with van der Waals surface area (Å²) in [5.74, 6) is 1.33. The first-order valence-electron chi connectivity index (χ1n) is 7.35. The van der Waals surface area contributed by atoms with Crippen molar-refractivity contribution in [2.24, 2.45) is 11.8 Å². The van der Waals surface area contributed by atoms with Gasteiger partial charge in [0.25, 0.3) is 0 Å². The molecule has 0 bridgehead atoms. The number of phenolic OH excluding ortho intramolecular Hbond substituents is 1. The summed E-state index contributed by atoms with van der Waals surface area (Å²) in [4.78, 5) is 16.5. The fourth-order valence-corrected chi connectivity index (χ4v) is 3.31. The van der Waals surface area contributed by atoms with E-state index in [1.807, 2.05) is 30.9 Å². The predicted molar refractivity (Wildman–Crippen MR) is 77.2 cm³/mol. The number of hydrogen-bond donors (Lipinski definition) is 1. The number of aromatic hydroxyl groups is 1. The van der Waals surface area contributed by atoms with Crippen LogP contribution in [0.3, 0.4) is 0 Å². The molecule has 2 unspecified atom stereocenters. The second-order valence-electron chi connectivity index (χ2n) is 6.32. The summed E-state index contributed by atoms with van der Waals surface area (Å²) in [6.07, 6.45) is 0. The van der Waals surface area contributed by atoms with Gasteiger partial charge < -0.3 is 10.0 Å². The zero-order chi connectivity index (χ0) is 14.3. The quantitative estimate of drug-likeness (QED) is 0.912. The summed E-state index contributed by atoms with van der Waals surface area (Å²) in [6, 6.07) is 7.92. The van der Waals surface area contributed by atoms with Crippen molar-refractivity contribution in [1.29, 1.82) is 0 Å². The van der Waals surface area contributed by atoms with E-state index >= 15 is 0 Å². The Labute approximate surface area is 120 Å². The van der Waals surface area contributed by atoms with Gasteiger partial charge in [-0.3, -0.25) is 9.69 Å². The van der Waals surface area contributed by atoms with E-state index in [-0.39, 0.29) is 11.8 Å². The molecule has 2 saturated heterocycles. The molecule has 3 rings (SSSR count). The van der Waals surface area contributed by atoms with Gasteiger partial charge in [0.1, 0.15) is 5.75 Å². The molecule has 0 saturated carbocycles. The summed E-state index contributed by atoms with van der Waals surface area (Å²) in [7, 11) is 0. The molecule has 2 atom stereocenters. The Kier molecular flexibility index (Phi) is 3.42. The third-order valence-electron chi connectivity index (χ3n) is 4.47. The topological polar surface area (TPSA) is 43.8 Å². The van der Waals surface area contributed by atoms with E-state index in [4.69, 9.17) is 0 Å². The SMILES string of the molecule is CC(C)C(=O)N1CC2CN(Cc3ccc(O)cc3)C2C1. The van der Waals surface area contributed by atoms with E-state index in [2.05, 4.69) is 4.90 Å². The Hall–Kier alpha value is -1.55. The van der Waals surface area contributed by atoms with Crippen LogP contribution in [-0.4, -0.2) is 46.5 Å². The molecule has 0 aromatic heterocycles. The van der Waals surface area contributed by atoms with E-state index in [0.717, 1.165) is 26.2 Å². The molecule has 108 valence electrons. The maximum Gasteiger partial charge on any atom is 0.225 e. The molecule has 1 aromatic carbocycles. The van der Waals surface area contributed by atoms with E-state index in [1.165, 1.54) is 5.56 Å². The molecular weight excluding hydrogens is 252 g/mol. The lowest BCUT2D eigenvalue weighted by atomic mass is 9.91. The highest BCUT2D eigenvalue weighted by molar-refractivity contribution is 5.78. The van der Waals surface area contributed by atoms with Crippen molar-refractivity contribution in [1.82, 2.24) is 9.80 Å². The second kappa shape index (κ2) is 5.09. The van der Waals surface area contributed by atoms with Crippen molar-refractivity contribution < 1.29 is 9.90 Å². The van der Waals surface area contributed by atoms with Crippen LogP contribution in [0.5, 0.6) is 5.75 Å². The van der Waals surface area contributed by atoms with Crippen molar-refractivity contribution in [2.75, 3.05) is 19.6 Å². The van der Waals surface area contributed by atoms with Gasteiger partial charge >= 0.3 is 0 Å². The Balaban J connectivity index is 1.58. The largest absolute Gasteiger partial charge is 0.508 e. The molecule has 1 N–H and O–H groups in total. The Morgan fingerprint density at radius 1 is 1.25 bits per heavy atom. The van der Waals surface area contributed by atoms with E-state index < -0.39 is 0 Å². The van der Waals surface area contributed by atoms with Gasteiger partial charge in [0.2, 0.25) is 5.91 Å². The third kappa shape index (κ3) is 2.40. The minimum absolute atomic E-state index is 0.0954. The van der Waals surface area contributed by atoms with Gasteiger partial charge in [0, 0.05) is 44.1 Å². The number of phenols is 1. The van der Waals surface area contributed by atoms with Crippen LogP contribution < -0.4 is 0 Å². The predicted octanol–water partition coefficient (Wildman–Crippen LogP) is 1.69. The molecule has 20 heavy (non-hydrogen) atoms. The van der Waals surface area contributed by atoms with Crippen LogP contribution in [0.4, 0.5) is 0 Å². The molecular formula is C16H22N2O2.